The molecule has 8 heteroatoms. The van der Waals surface area contributed by atoms with Gasteiger partial charge in [-0.15, -0.1) is 0 Å². The first-order valence-electron chi connectivity index (χ1n) is 9.47. The minimum atomic E-state index is -3.75. The zero-order chi connectivity index (χ0) is 22.6. The molecule has 3 aromatic carbocycles. The third-order valence-electron chi connectivity index (χ3n) is 4.73. The summed E-state index contributed by atoms with van der Waals surface area (Å²) in [6, 6.07) is 18.4. The van der Waals surface area contributed by atoms with E-state index in [1.165, 1.54) is 42.7 Å². The van der Waals surface area contributed by atoms with Crippen LogP contribution in [-0.4, -0.2) is 32.8 Å². The number of benzene rings is 3. The number of carbonyl (C=O) groups excluding carboxylic acids is 1. The lowest BCUT2D eigenvalue weighted by atomic mass is 10.1. The van der Waals surface area contributed by atoms with Crippen molar-refractivity contribution >= 4 is 33.2 Å². The fourth-order valence-electron chi connectivity index (χ4n) is 3.08. The van der Waals surface area contributed by atoms with Crippen LogP contribution in [0.15, 0.2) is 71.6 Å². The van der Waals surface area contributed by atoms with Gasteiger partial charge in [0.05, 0.1) is 12.0 Å². The molecular formula is C23H23ClN2O4S. The molecule has 0 heterocycles. The molecule has 1 amide bonds. The van der Waals surface area contributed by atoms with Gasteiger partial charge >= 0.3 is 0 Å². The van der Waals surface area contributed by atoms with Crippen molar-refractivity contribution < 1.29 is 17.9 Å². The van der Waals surface area contributed by atoms with Gasteiger partial charge in [-0.05, 0) is 67.1 Å². The van der Waals surface area contributed by atoms with Gasteiger partial charge in [-0.1, -0.05) is 23.7 Å². The van der Waals surface area contributed by atoms with Gasteiger partial charge in [-0.2, -0.15) is 4.31 Å². The van der Waals surface area contributed by atoms with E-state index in [0.717, 1.165) is 5.56 Å². The van der Waals surface area contributed by atoms with Crippen molar-refractivity contribution in [3.8, 4) is 5.75 Å². The van der Waals surface area contributed by atoms with Crippen molar-refractivity contribution in [3.05, 3.63) is 88.4 Å². The maximum Gasteiger partial charge on any atom is 0.255 e. The van der Waals surface area contributed by atoms with Gasteiger partial charge in [-0.25, -0.2) is 8.42 Å². The Balaban J connectivity index is 1.85. The molecule has 0 aliphatic carbocycles. The first-order valence-corrected chi connectivity index (χ1v) is 11.3. The van der Waals surface area contributed by atoms with Crippen molar-refractivity contribution in [1.82, 2.24) is 4.31 Å². The first-order chi connectivity index (χ1) is 14.7. The Hall–Kier alpha value is -2.87. The Morgan fingerprint density at radius 2 is 1.77 bits per heavy atom. The van der Waals surface area contributed by atoms with E-state index in [4.69, 9.17) is 16.3 Å². The summed E-state index contributed by atoms with van der Waals surface area (Å²) < 4.78 is 32.4. The number of aryl methyl sites for hydroxylation is 1. The van der Waals surface area contributed by atoms with E-state index in [-0.39, 0.29) is 17.3 Å². The van der Waals surface area contributed by atoms with E-state index in [1.807, 2.05) is 31.2 Å². The molecule has 0 aliphatic heterocycles. The van der Waals surface area contributed by atoms with Gasteiger partial charge in [0.2, 0.25) is 10.0 Å². The van der Waals surface area contributed by atoms with Crippen molar-refractivity contribution in [2.24, 2.45) is 0 Å². The highest BCUT2D eigenvalue weighted by Crippen LogP contribution is 2.25. The van der Waals surface area contributed by atoms with Gasteiger partial charge in [0, 0.05) is 35.4 Å². The second-order valence-electron chi connectivity index (χ2n) is 7.07. The molecule has 0 saturated heterocycles. The summed E-state index contributed by atoms with van der Waals surface area (Å²) >= 11 is 5.86. The van der Waals surface area contributed by atoms with E-state index in [1.54, 1.807) is 18.2 Å². The van der Waals surface area contributed by atoms with Crippen LogP contribution in [0.5, 0.6) is 5.75 Å². The third kappa shape index (κ3) is 5.44. The average Bonchev–Trinajstić information content (AvgIpc) is 2.74. The molecule has 0 bridgehead atoms. The molecule has 0 fully saturated rings. The quantitative estimate of drug-likeness (QED) is 0.555. The maximum absolute atomic E-state index is 12.9. The number of ether oxygens (including phenoxy) is 1. The van der Waals surface area contributed by atoms with Crippen LogP contribution < -0.4 is 10.1 Å². The molecule has 1 N–H and O–H groups in total. The summed E-state index contributed by atoms with van der Waals surface area (Å²) in [4.78, 5) is 12.8. The van der Waals surface area contributed by atoms with Crippen molar-refractivity contribution in [2.45, 2.75) is 18.4 Å². The molecule has 3 rings (SSSR count). The molecule has 6 nitrogen and oxygen atoms in total. The van der Waals surface area contributed by atoms with Crippen LogP contribution in [-0.2, 0) is 16.6 Å². The Bertz CT molecular complexity index is 1190. The smallest absolute Gasteiger partial charge is 0.255 e. The monoisotopic (exact) mass is 458 g/mol. The lowest BCUT2D eigenvalue weighted by Gasteiger charge is -2.19. The topological polar surface area (TPSA) is 75.7 Å². The van der Waals surface area contributed by atoms with Crippen molar-refractivity contribution in [2.75, 3.05) is 19.5 Å². The Morgan fingerprint density at radius 1 is 1.06 bits per heavy atom. The van der Waals surface area contributed by atoms with Gasteiger partial charge in [-0.3, -0.25) is 4.79 Å². The average molecular weight is 459 g/mol. The number of hydrogen-bond acceptors (Lipinski definition) is 4. The molecule has 0 saturated carbocycles. The molecular weight excluding hydrogens is 436 g/mol. The predicted octanol–water partition coefficient (Wildman–Crippen LogP) is 4.73. The summed E-state index contributed by atoms with van der Waals surface area (Å²) in [5, 5.41) is 3.31. The van der Waals surface area contributed by atoms with Gasteiger partial charge in [0.15, 0.2) is 0 Å². The molecule has 0 atom stereocenters. The van der Waals surface area contributed by atoms with E-state index in [9.17, 15) is 13.2 Å². The zero-order valence-corrected chi connectivity index (χ0v) is 19.0. The number of nitrogens with one attached hydrogen (secondary N) is 1. The number of anilines is 1. The number of sulfonamides is 1. The molecule has 0 aromatic heterocycles. The molecule has 3 aromatic rings. The lowest BCUT2D eigenvalue weighted by molar-refractivity contribution is 0.102. The largest absolute Gasteiger partial charge is 0.496 e. The number of carbonyl (C=O) groups is 1. The maximum atomic E-state index is 12.9. The summed E-state index contributed by atoms with van der Waals surface area (Å²) in [6.45, 7) is 1.97. The third-order valence-corrected chi connectivity index (χ3v) is 6.80. The molecule has 0 radical (unpaired) electrons. The highest BCUT2D eigenvalue weighted by atomic mass is 35.5. The van der Waals surface area contributed by atoms with E-state index in [0.29, 0.717) is 27.6 Å². The second kappa shape index (κ2) is 9.51. The van der Waals surface area contributed by atoms with E-state index < -0.39 is 10.0 Å². The van der Waals surface area contributed by atoms with Crippen molar-refractivity contribution in [3.63, 3.8) is 0 Å². The molecule has 162 valence electrons. The van der Waals surface area contributed by atoms with Crippen molar-refractivity contribution in [1.29, 1.82) is 0 Å². The van der Waals surface area contributed by atoms with E-state index >= 15 is 0 Å². The molecule has 31 heavy (non-hydrogen) atoms. The van der Waals surface area contributed by atoms with Crippen LogP contribution >= 0.6 is 11.6 Å². The Labute approximate surface area is 187 Å². The van der Waals surface area contributed by atoms with Crippen LogP contribution in [0.25, 0.3) is 0 Å². The van der Waals surface area contributed by atoms with Gasteiger partial charge in [0.25, 0.3) is 5.91 Å². The van der Waals surface area contributed by atoms with Crippen LogP contribution in [0.4, 0.5) is 5.69 Å². The van der Waals surface area contributed by atoms with E-state index in [2.05, 4.69) is 5.32 Å². The fraction of sp³-hybridized carbons (Fsp3) is 0.174. The minimum absolute atomic E-state index is 0.0275. The van der Waals surface area contributed by atoms with Gasteiger partial charge < -0.3 is 10.1 Å². The highest BCUT2D eigenvalue weighted by Gasteiger charge is 2.22. The normalized spacial score (nSPS) is 11.4. The summed E-state index contributed by atoms with van der Waals surface area (Å²) in [5.74, 6) is 0.197. The van der Waals surface area contributed by atoms with Crippen LogP contribution in [0.2, 0.25) is 5.02 Å². The second-order valence-corrected chi connectivity index (χ2v) is 9.55. The Morgan fingerprint density at radius 3 is 2.42 bits per heavy atom. The molecule has 0 aliphatic rings. The zero-order valence-electron chi connectivity index (χ0n) is 17.4. The number of halogens is 1. The number of methoxy groups -OCH3 is 1. The number of amides is 1. The summed E-state index contributed by atoms with van der Waals surface area (Å²) in [6.07, 6.45) is 0. The Kier molecular flexibility index (Phi) is 7.00. The summed E-state index contributed by atoms with van der Waals surface area (Å²) in [7, 11) is -0.773. The molecule has 0 spiro atoms. The first kappa shape index (κ1) is 22.8. The highest BCUT2D eigenvalue weighted by molar-refractivity contribution is 7.89. The molecule has 0 unspecified atom stereocenters. The van der Waals surface area contributed by atoms with Crippen LogP contribution in [0.1, 0.15) is 21.5 Å². The fourth-order valence-corrected chi connectivity index (χ4v) is 4.36. The van der Waals surface area contributed by atoms with Gasteiger partial charge in [0.1, 0.15) is 5.75 Å². The SMILES string of the molecule is COc1ccc(C(=O)Nc2cccc(C)c2)cc1CN(C)S(=O)(=O)c1ccc(Cl)cc1. The minimum Gasteiger partial charge on any atom is -0.496 e. The predicted molar refractivity (Wildman–Crippen MR) is 122 cm³/mol. The summed E-state index contributed by atoms with van der Waals surface area (Å²) in [5.41, 5.74) is 2.68. The lowest BCUT2D eigenvalue weighted by Crippen LogP contribution is -2.27. The standard InChI is InChI=1S/C23H23ClN2O4S/c1-16-5-4-6-20(13-16)25-23(27)17-7-12-22(30-3)18(14-17)15-26(2)31(28,29)21-10-8-19(24)9-11-21/h4-14H,15H2,1-3H3,(H,25,27). The number of nitrogens with zero attached hydrogens (tertiary/aromatic N) is 1. The number of hydrogen-bond donors (Lipinski definition) is 1. The number of rotatable bonds is 7. The van der Waals surface area contributed by atoms with Crippen LogP contribution in [0, 0.1) is 6.92 Å². The van der Waals surface area contributed by atoms with Crippen LogP contribution in [0.3, 0.4) is 0 Å².